The molecule has 0 bridgehead atoms. The maximum atomic E-state index is 11.9. The molecule has 2 rings (SSSR count). The molecule has 0 spiro atoms. The van der Waals surface area contributed by atoms with Gasteiger partial charge in [-0.25, -0.2) is 4.79 Å². The van der Waals surface area contributed by atoms with Crippen molar-refractivity contribution in [3.63, 3.8) is 0 Å². The second kappa shape index (κ2) is 10.9. The molecule has 138 valence electrons. The van der Waals surface area contributed by atoms with Crippen molar-refractivity contribution >= 4 is 17.6 Å². The third kappa shape index (κ3) is 7.36. The van der Waals surface area contributed by atoms with Crippen molar-refractivity contribution in [3.05, 3.63) is 65.7 Å². The third-order valence-electron chi connectivity index (χ3n) is 3.75. The number of hydrogen-bond donors (Lipinski definition) is 3. The molecule has 0 aliphatic carbocycles. The number of methoxy groups -OCH3 is 1. The fourth-order valence-electron chi connectivity index (χ4n) is 2.39. The molecular formula is C20H25N3O3. The number of amides is 3. The summed E-state index contributed by atoms with van der Waals surface area (Å²) in [6, 6.07) is 17.0. The van der Waals surface area contributed by atoms with Gasteiger partial charge in [-0.3, -0.25) is 4.79 Å². The van der Waals surface area contributed by atoms with Crippen molar-refractivity contribution in [1.82, 2.24) is 10.6 Å². The second-order valence-electron chi connectivity index (χ2n) is 5.83. The molecular weight excluding hydrogens is 330 g/mol. The first-order valence-electron chi connectivity index (χ1n) is 8.60. The van der Waals surface area contributed by atoms with Crippen molar-refractivity contribution < 1.29 is 14.3 Å². The highest BCUT2D eigenvalue weighted by Gasteiger charge is 2.05. The molecule has 0 atom stereocenters. The summed E-state index contributed by atoms with van der Waals surface area (Å²) in [4.78, 5) is 23.7. The zero-order valence-corrected chi connectivity index (χ0v) is 15.0. The van der Waals surface area contributed by atoms with E-state index in [1.165, 1.54) is 5.56 Å². The average molecular weight is 355 g/mol. The summed E-state index contributed by atoms with van der Waals surface area (Å²) in [6.45, 7) is 1.56. The van der Waals surface area contributed by atoms with E-state index in [2.05, 4.69) is 16.0 Å². The fraction of sp³-hybridized carbons (Fsp3) is 0.300. The van der Waals surface area contributed by atoms with E-state index in [4.69, 9.17) is 4.74 Å². The topological polar surface area (TPSA) is 79.5 Å². The zero-order chi connectivity index (χ0) is 18.6. The number of urea groups is 1. The van der Waals surface area contributed by atoms with Gasteiger partial charge < -0.3 is 20.7 Å². The van der Waals surface area contributed by atoms with Crippen molar-refractivity contribution in [3.8, 4) is 0 Å². The van der Waals surface area contributed by atoms with Crippen LogP contribution in [0.5, 0.6) is 0 Å². The Balaban J connectivity index is 1.70. The normalized spacial score (nSPS) is 10.2. The summed E-state index contributed by atoms with van der Waals surface area (Å²) in [5, 5.41) is 8.38. The van der Waals surface area contributed by atoms with Crippen LogP contribution >= 0.6 is 0 Å². The van der Waals surface area contributed by atoms with Gasteiger partial charge in [0, 0.05) is 25.9 Å². The smallest absolute Gasteiger partial charge is 0.319 e. The van der Waals surface area contributed by atoms with Gasteiger partial charge in [0.2, 0.25) is 5.91 Å². The van der Waals surface area contributed by atoms with Crippen molar-refractivity contribution in [2.24, 2.45) is 0 Å². The number of benzene rings is 2. The zero-order valence-electron chi connectivity index (χ0n) is 15.0. The Morgan fingerprint density at radius 2 is 1.62 bits per heavy atom. The first-order chi connectivity index (χ1) is 12.7. The lowest BCUT2D eigenvalue weighted by molar-refractivity contribution is -0.120. The number of carbonyl (C=O) groups is 2. The first kappa shape index (κ1) is 19.5. The Morgan fingerprint density at radius 1 is 0.885 bits per heavy atom. The van der Waals surface area contributed by atoms with E-state index < -0.39 is 0 Å². The van der Waals surface area contributed by atoms with Gasteiger partial charge in [0.25, 0.3) is 0 Å². The van der Waals surface area contributed by atoms with Crippen LogP contribution in [-0.4, -0.2) is 38.7 Å². The standard InChI is InChI=1S/C20H25N3O3/c1-26-14-13-21-19(24)15-17-7-9-18(10-8-17)23-20(25)22-12-11-16-5-3-2-4-6-16/h2-10H,11-15H2,1H3,(H,21,24)(H2,22,23,25). The van der Waals surface area contributed by atoms with Gasteiger partial charge in [-0.2, -0.15) is 0 Å². The fourth-order valence-corrected chi connectivity index (χ4v) is 2.39. The van der Waals surface area contributed by atoms with E-state index in [-0.39, 0.29) is 11.9 Å². The summed E-state index contributed by atoms with van der Waals surface area (Å²) in [5.41, 5.74) is 2.75. The minimum Gasteiger partial charge on any atom is -0.383 e. The highest BCUT2D eigenvalue weighted by molar-refractivity contribution is 5.89. The number of ether oxygens (including phenoxy) is 1. The molecule has 0 saturated carbocycles. The van der Waals surface area contributed by atoms with Crippen molar-refractivity contribution in [1.29, 1.82) is 0 Å². The van der Waals surface area contributed by atoms with Gasteiger partial charge in [0.1, 0.15) is 0 Å². The predicted molar refractivity (Wildman–Crippen MR) is 102 cm³/mol. The van der Waals surface area contributed by atoms with Gasteiger partial charge in [-0.1, -0.05) is 42.5 Å². The Hall–Kier alpha value is -2.86. The van der Waals surface area contributed by atoms with Crippen LogP contribution < -0.4 is 16.0 Å². The van der Waals surface area contributed by atoms with Crippen LogP contribution in [0.3, 0.4) is 0 Å². The summed E-state index contributed by atoms with van der Waals surface area (Å²) in [6.07, 6.45) is 1.08. The van der Waals surface area contributed by atoms with Crippen LogP contribution in [0.25, 0.3) is 0 Å². The third-order valence-corrected chi connectivity index (χ3v) is 3.75. The van der Waals surface area contributed by atoms with Crippen LogP contribution in [0, 0.1) is 0 Å². The number of rotatable bonds is 9. The molecule has 0 aliphatic rings. The Morgan fingerprint density at radius 3 is 2.31 bits per heavy atom. The van der Waals surface area contributed by atoms with Crippen LogP contribution in [0.4, 0.5) is 10.5 Å². The molecule has 0 aromatic heterocycles. The van der Waals surface area contributed by atoms with Crippen molar-refractivity contribution in [2.75, 3.05) is 32.1 Å². The molecule has 0 saturated heterocycles. The lowest BCUT2D eigenvalue weighted by Crippen LogP contribution is -2.30. The van der Waals surface area contributed by atoms with E-state index >= 15 is 0 Å². The molecule has 3 amide bonds. The van der Waals surface area contributed by atoms with Gasteiger partial charge in [0.15, 0.2) is 0 Å². The number of hydrogen-bond acceptors (Lipinski definition) is 3. The van der Waals surface area contributed by atoms with Gasteiger partial charge in [-0.15, -0.1) is 0 Å². The molecule has 3 N–H and O–H groups in total. The summed E-state index contributed by atoms with van der Waals surface area (Å²) < 4.78 is 4.89. The lowest BCUT2D eigenvalue weighted by Gasteiger charge is -2.09. The second-order valence-corrected chi connectivity index (χ2v) is 5.83. The minimum atomic E-state index is -0.244. The Labute approximate surface area is 153 Å². The molecule has 6 heteroatoms. The van der Waals surface area contributed by atoms with E-state index in [0.717, 1.165) is 12.0 Å². The molecule has 0 fully saturated rings. The number of anilines is 1. The van der Waals surface area contributed by atoms with Gasteiger partial charge in [0.05, 0.1) is 13.0 Å². The van der Waals surface area contributed by atoms with Crippen LogP contribution in [0.1, 0.15) is 11.1 Å². The van der Waals surface area contributed by atoms with Crippen LogP contribution in [0.2, 0.25) is 0 Å². The van der Waals surface area contributed by atoms with E-state index in [1.54, 1.807) is 19.2 Å². The maximum Gasteiger partial charge on any atom is 0.319 e. The summed E-state index contributed by atoms with van der Waals surface area (Å²) in [7, 11) is 1.59. The molecule has 0 aliphatic heterocycles. The molecule has 26 heavy (non-hydrogen) atoms. The van der Waals surface area contributed by atoms with Gasteiger partial charge >= 0.3 is 6.03 Å². The molecule has 0 heterocycles. The van der Waals surface area contributed by atoms with Crippen LogP contribution in [0.15, 0.2) is 54.6 Å². The first-order valence-corrected chi connectivity index (χ1v) is 8.60. The monoisotopic (exact) mass is 355 g/mol. The average Bonchev–Trinajstić information content (AvgIpc) is 2.64. The SMILES string of the molecule is COCCNC(=O)Cc1ccc(NC(=O)NCCc2ccccc2)cc1. The molecule has 0 radical (unpaired) electrons. The summed E-state index contributed by atoms with van der Waals surface area (Å²) >= 11 is 0. The quantitative estimate of drug-likeness (QED) is 0.604. The Kier molecular flexibility index (Phi) is 8.15. The molecule has 0 unspecified atom stereocenters. The van der Waals surface area contributed by atoms with Gasteiger partial charge in [-0.05, 0) is 29.7 Å². The Bertz CT molecular complexity index is 687. The molecule has 2 aromatic carbocycles. The minimum absolute atomic E-state index is 0.0542. The van der Waals surface area contributed by atoms with E-state index in [1.807, 2.05) is 42.5 Å². The molecule has 2 aromatic rings. The van der Waals surface area contributed by atoms with Crippen molar-refractivity contribution in [2.45, 2.75) is 12.8 Å². The highest BCUT2D eigenvalue weighted by Crippen LogP contribution is 2.10. The van der Waals surface area contributed by atoms with Crippen LogP contribution in [-0.2, 0) is 22.4 Å². The summed E-state index contributed by atoms with van der Waals surface area (Å²) in [5.74, 6) is -0.0542. The number of nitrogens with one attached hydrogen (secondary N) is 3. The lowest BCUT2D eigenvalue weighted by atomic mass is 10.1. The number of carbonyl (C=O) groups excluding carboxylic acids is 2. The molecule has 6 nitrogen and oxygen atoms in total. The van der Waals surface area contributed by atoms with E-state index in [9.17, 15) is 9.59 Å². The maximum absolute atomic E-state index is 11.9. The predicted octanol–water partition coefficient (Wildman–Crippen LogP) is 2.36. The largest absolute Gasteiger partial charge is 0.383 e. The highest BCUT2D eigenvalue weighted by atomic mass is 16.5. The van der Waals surface area contributed by atoms with E-state index in [0.29, 0.717) is 31.8 Å².